The highest BCUT2D eigenvalue weighted by Crippen LogP contribution is 2.32. The third kappa shape index (κ3) is 10.5. The topological polar surface area (TPSA) is 140 Å². The molecule has 0 saturated carbocycles. The summed E-state index contributed by atoms with van der Waals surface area (Å²) in [5.74, 6) is -0.981. The molecule has 45 heavy (non-hydrogen) atoms. The molecule has 4 N–H and O–H groups in total. The predicted molar refractivity (Wildman–Crippen MR) is 179 cm³/mol. The molecule has 3 rings (SSSR count). The van der Waals surface area contributed by atoms with Crippen molar-refractivity contribution in [1.82, 2.24) is 19.4 Å². The van der Waals surface area contributed by atoms with Crippen LogP contribution in [0.25, 0.3) is 0 Å². The molecule has 0 atom stereocenters. The van der Waals surface area contributed by atoms with E-state index in [0.29, 0.717) is 42.1 Å². The minimum Gasteiger partial charge on any atom is -0.384 e. The van der Waals surface area contributed by atoms with Gasteiger partial charge in [-0.25, -0.2) is 8.42 Å². The highest BCUT2D eigenvalue weighted by Gasteiger charge is 2.30. The number of nitrogen functional groups attached to an aromatic ring is 1. The number of nitrogens with zero attached hydrogens (tertiary/aromatic N) is 3. The average Bonchev–Trinajstić information content (AvgIpc) is 3.00. The van der Waals surface area contributed by atoms with E-state index in [1.807, 2.05) is 49.3 Å². The SMILES string of the molecule is Cc1c(Cl)ccc(S(=O)(=O)N(CCc2ccccc2)CC(=O)NCC(=O)N(CCCN(C)C)Cc2ccc(C(=N)N)cc2)c1Cl. The molecular formula is C32H40Cl2N6O4S. The summed E-state index contributed by atoms with van der Waals surface area (Å²) in [5, 5.41) is 10.5. The maximum Gasteiger partial charge on any atom is 0.245 e. The number of rotatable bonds is 16. The molecule has 0 radical (unpaired) electrons. The highest BCUT2D eigenvalue weighted by atomic mass is 35.5. The Morgan fingerprint density at radius 2 is 1.58 bits per heavy atom. The molecule has 2 amide bonds. The van der Waals surface area contributed by atoms with E-state index >= 15 is 0 Å². The number of carbonyl (C=O) groups excluding carboxylic acids is 2. The van der Waals surface area contributed by atoms with E-state index in [1.54, 1.807) is 36.1 Å². The number of amidine groups is 1. The zero-order valence-corrected chi connectivity index (χ0v) is 28.1. The molecule has 0 fully saturated rings. The molecule has 13 heteroatoms. The standard InChI is InChI=1S/C32H40Cl2N6O4S/c1-23-27(33)14-15-28(31(23)34)45(43,44)40(19-16-24-8-5-4-6-9-24)22-29(41)37-20-30(42)39(18-7-17-38(2)3)21-25-10-12-26(13-11-25)32(35)36/h4-6,8-15H,7,16-22H2,1-3H3,(H3,35,36)(H,37,41). The van der Waals surface area contributed by atoms with Crippen molar-refractivity contribution in [1.29, 1.82) is 5.41 Å². The van der Waals surface area contributed by atoms with Crippen LogP contribution in [0.15, 0.2) is 71.6 Å². The lowest BCUT2D eigenvalue weighted by molar-refractivity contribution is -0.133. The number of sulfonamides is 1. The number of nitrogens with two attached hydrogens (primary N) is 1. The number of hydrogen-bond donors (Lipinski definition) is 3. The van der Waals surface area contributed by atoms with Crippen LogP contribution in [-0.4, -0.2) is 87.0 Å². The van der Waals surface area contributed by atoms with Gasteiger partial charge in [0.1, 0.15) is 10.7 Å². The minimum absolute atomic E-state index is 0.00695. The molecular weight excluding hydrogens is 635 g/mol. The first kappa shape index (κ1) is 36.0. The highest BCUT2D eigenvalue weighted by molar-refractivity contribution is 7.89. The Morgan fingerprint density at radius 3 is 2.20 bits per heavy atom. The van der Waals surface area contributed by atoms with Gasteiger partial charge in [-0.2, -0.15) is 4.31 Å². The predicted octanol–water partition coefficient (Wildman–Crippen LogP) is 3.92. The summed E-state index contributed by atoms with van der Waals surface area (Å²) < 4.78 is 28.6. The summed E-state index contributed by atoms with van der Waals surface area (Å²) >= 11 is 12.6. The number of benzene rings is 3. The third-order valence-corrected chi connectivity index (χ3v) is 10.1. The lowest BCUT2D eigenvalue weighted by Gasteiger charge is -2.25. The van der Waals surface area contributed by atoms with E-state index in [1.165, 1.54) is 12.1 Å². The van der Waals surface area contributed by atoms with Gasteiger partial charge in [-0.05, 0) is 69.2 Å². The Bertz CT molecular complexity index is 1590. The van der Waals surface area contributed by atoms with Crippen molar-refractivity contribution in [3.63, 3.8) is 0 Å². The van der Waals surface area contributed by atoms with Crippen LogP contribution in [0.2, 0.25) is 10.0 Å². The fourth-order valence-electron chi connectivity index (χ4n) is 4.54. The summed E-state index contributed by atoms with van der Waals surface area (Å²) in [6, 6.07) is 19.2. The average molecular weight is 676 g/mol. The zero-order chi connectivity index (χ0) is 33.1. The van der Waals surface area contributed by atoms with Crippen LogP contribution in [0.5, 0.6) is 0 Å². The van der Waals surface area contributed by atoms with Gasteiger partial charge < -0.3 is 20.9 Å². The minimum atomic E-state index is -4.20. The molecule has 0 saturated heterocycles. The van der Waals surface area contributed by atoms with Gasteiger partial charge >= 0.3 is 0 Å². The summed E-state index contributed by atoms with van der Waals surface area (Å²) in [6.45, 7) is 2.34. The number of nitrogens with one attached hydrogen (secondary N) is 2. The second-order valence-corrected chi connectivity index (χ2v) is 13.6. The van der Waals surface area contributed by atoms with Crippen LogP contribution < -0.4 is 11.1 Å². The van der Waals surface area contributed by atoms with Crippen molar-refractivity contribution in [2.45, 2.75) is 31.2 Å². The second-order valence-electron chi connectivity index (χ2n) is 10.9. The van der Waals surface area contributed by atoms with Gasteiger partial charge in [0.25, 0.3) is 0 Å². The van der Waals surface area contributed by atoms with Gasteiger partial charge in [0.2, 0.25) is 21.8 Å². The molecule has 3 aromatic carbocycles. The van der Waals surface area contributed by atoms with Gasteiger partial charge in [-0.1, -0.05) is 77.8 Å². The van der Waals surface area contributed by atoms with Gasteiger partial charge in [-0.3, -0.25) is 15.0 Å². The van der Waals surface area contributed by atoms with E-state index in [4.69, 9.17) is 34.3 Å². The summed E-state index contributed by atoms with van der Waals surface area (Å²) in [7, 11) is -0.309. The quantitative estimate of drug-likeness (QED) is 0.155. The molecule has 242 valence electrons. The first-order valence-corrected chi connectivity index (χ1v) is 16.6. The van der Waals surface area contributed by atoms with Crippen molar-refractivity contribution in [3.8, 4) is 0 Å². The van der Waals surface area contributed by atoms with Gasteiger partial charge in [0.15, 0.2) is 0 Å². The van der Waals surface area contributed by atoms with E-state index in [-0.39, 0.29) is 34.8 Å². The Kier molecular flexibility index (Phi) is 13.4. The van der Waals surface area contributed by atoms with Crippen molar-refractivity contribution in [2.24, 2.45) is 5.73 Å². The van der Waals surface area contributed by atoms with E-state index in [9.17, 15) is 18.0 Å². The molecule has 3 aromatic rings. The van der Waals surface area contributed by atoms with E-state index in [0.717, 1.165) is 22.0 Å². The Balaban J connectivity index is 1.75. The Labute approximate surface area is 275 Å². The van der Waals surface area contributed by atoms with Crippen molar-refractivity contribution >= 4 is 50.9 Å². The van der Waals surface area contributed by atoms with Crippen molar-refractivity contribution in [2.75, 3.05) is 46.8 Å². The number of carbonyl (C=O) groups is 2. The lowest BCUT2D eigenvalue weighted by Crippen LogP contribution is -2.45. The molecule has 0 bridgehead atoms. The third-order valence-electron chi connectivity index (χ3n) is 7.18. The lowest BCUT2D eigenvalue weighted by atomic mass is 10.1. The summed E-state index contributed by atoms with van der Waals surface area (Å²) in [4.78, 5) is 30.0. The van der Waals surface area contributed by atoms with Crippen LogP contribution in [0.3, 0.4) is 0 Å². The van der Waals surface area contributed by atoms with Crippen LogP contribution in [0, 0.1) is 12.3 Å². The summed E-state index contributed by atoms with van der Waals surface area (Å²) in [6.07, 6.45) is 1.07. The van der Waals surface area contributed by atoms with Crippen molar-refractivity contribution in [3.05, 3.63) is 99.0 Å². The normalized spacial score (nSPS) is 11.5. The largest absolute Gasteiger partial charge is 0.384 e. The molecule has 0 heterocycles. The molecule has 0 unspecified atom stereocenters. The smallest absolute Gasteiger partial charge is 0.245 e. The molecule has 0 spiro atoms. The maximum absolute atomic E-state index is 13.8. The van der Waals surface area contributed by atoms with E-state index in [2.05, 4.69) is 5.32 Å². The zero-order valence-electron chi connectivity index (χ0n) is 25.7. The Hall–Kier alpha value is -3.48. The monoisotopic (exact) mass is 674 g/mol. The summed E-state index contributed by atoms with van der Waals surface area (Å²) in [5.41, 5.74) is 8.30. The first-order valence-electron chi connectivity index (χ1n) is 14.4. The first-order chi connectivity index (χ1) is 21.3. The molecule has 0 aromatic heterocycles. The maximum atomic E-state index is 13.8. The fourth-order valence-corrected chi connectivity index (χ4v) is 6.72. The number of halogens is 2. The number of amides is 2. The fraction of sp³-hybridized carbons (Fsp3) is 0.344. The van der Waals surface area contributed by atoms with Gasteiger partial charge in [-0.15, -0.1) is 0 Å². The van der Waals surface area contributed by atoms with Crippen LogP contribution >= 0.6 is 23.2 Å². The van der Waals surface area contributed by atoms with Crippen LogP contribution in [0.4, 0.5) is 0 Å². The second kappa shape index (κ2) is 16.7. The van der Waals surface area contributed by atoms with Crippen molar-refractivity contribution < 1.29 is 18.0 Å². The molecule has 10 nitrogen and oxygen atoms in total. The van der Waals surface area contributed by atoms with E-state index < -0.39 is 22.5 Å². The van der Waals surface area contributed by atoms with Gasteiger partial charge in [0, 0.05) is 30.2 Å². The number of hydrogen-bond acceptors (Lipinski definition) is 6. The van der Waals surface area contributed by atoms with Crippen LogP contribution in [0.1, 0.15) is 28.7 Å². The van der Waals surface area contributed by atoms with Gasteiger partial charge in [0.05, 0.1) is 18.1 Å². The molecule has 0 aliphatic carbocycles. The molecule has 0 aliphatic heterocycles. The van der Waals surface area contributed by atoms with Crippen LogP contribution in [-0.2, 0) is 32.6 Å². The Morgan fingerprint density at radius 1 is 0.911 bits per heavy atom. The molecule has 0 aliphatic rings.